The summed E-state index contributed by atoms with van der Waals surface area (Å²) in [6, 6.07) is 17.3. The molecule has 2 nitrogen and oxygen atoms in total. The Kier molecular flexibility index (Phi) is 5.47. The van der Waals surface area contributed by atoms with Crippen LogP contribution < -0.4 is 0 Å². The van der Waals surface area contributed by atoms with E-state index in [0.717, 1.165) is 6.42 Å². The highest BCUT2D eigenvalue weighted by atomic mass is 16.6. The van der Waals surface area contributed by atoms with Crippen LogP contribution in [0.15, 0.2) is 48.5 Å². The van der Waals surface area contributed by atoms with Gasteiger partial charge in [-0.1, -0.05) is 73.9 Å². The summed E-state index contributed by atoms with van der Waals surface area (Å²) in [5.41, 5.74) is 4.99. The molecule has 1 heterocycles. The Morgan fingerprint density at radius 1 is 0.870 bits per heavy atom. The molecular weight excluding hydrogens is 284 g/mol. The molecule has 2 heteroatoms. The minimum Gasteiger partial charge on any atom is -0.373 e. The SMILES string of the molecule is CCCC[C@H]1CO[C@H](c2ccc(-c3ccc(C)cc3)cc2)CO1. The monoisotopic (exact) mass is 310 g/mol. The minimum absolute atomic E-state index is 0.0694. The molecule has 2 aromatic carbocycles. The lowest BCUT2D eigenvalue weighted by Gasteiger charge is -2.30. The summed E-state index contributed by atoms with van der Waals surface area (Å²) in [7, 11) is 0. The molecule has 23 heavy (non-hydrogen) atoms. The lowest BCUT2D eigenvalue weighted by Crippen LogP contribution is -2.31. The van der Waals surface area contributed by atoms with Gasteiger partial charge in [-0.05, 0) is 30.0 Å². The average molecular weight is 310 g/mol. The first-order valence-electron chi connectivity index (χ1n) is 8.66. The van der Waals surface area contributed by atoms with Crippen LogP contribution in [0.2, 0.25) is 0 Å². The molecule has 0 saturated carbocycles. The molecule has 122 valence electrons. The van der Waals surface area contributed by atoms with Crippen LogP contribution >= 0.6 is 0 Å². The van der Waals surface area contributed by atoms with Crippen molar-refractivity contribution < 1.29 is 9.47 Å². The predicted molar refractivity (Wildman–Crippen MR) is 94.6 cm³/mol. The van der Waals surface area contributed by atoms with Crippen LogP contribution in [0.5, 0.6) is 0 Å². The zero-order valence-electron chi connectivity index (χ0n) is 14.1. The Labute approximate surface area is 139 Å². The molecule has 0 radical (unpaired) electrons. The van der Waals surface area contributed by atoms with E-state index >= 15 is 0 Å². The molecule has 3 rings (SSSR count). The van der Waals surface area contributed by atoms with Crippen molar-refractivity contribution in [1.82, 2.24) is 0 Å². The second-order valence-corrected chi connectivity index (χ2v) is 6.41. The fourth-order valence-electron chi connectivity index (χ4n) is 2.97. The maximum absolute atomic E-state index is 6.01. The molecule has 1 fully saturated rings. The first-order chi connectivity index (χ1) is 11.3. The van der Waals surface area contributed by atoms with E-state index in [1.807, 2.05) is 0 Å². The number of hydrogen-bond donors (Lipinski definition) is 0. The van der Waals surface area contributed by atoms with Crippen molar-refractivity contribution in [2.24, 2.45) is 0 Å². The summed E-state index contributed by atoms with van der Waals surface area (Å²) in [4.78, 5) is 0. The van der Waals surface area contributed by atoms with Gasteiger partial charge >= 0.3 is 0 Å². The van der Waals surface area contributed by atoms with Crippen LogP contribution in [0.4, 0.5) is 0 Å². The van der Waals surface area contributed by atoms with Crippen molar-refractivity contribution in [2.75, 3.05) is 13.2 Å². The molecule has 0 bridgehead atoms. The Morgan fingerprint density at radius 3 is 2.09 bits per heavy atom. The quantitative estimate of drug-likeness (QED) is 0.745. The summed E-state index contributed by atoms with van der Waals surface area (Å²) in [5, 5.41) is 0. The van der Waals surface area contributed by atoms with Crippen molar-refractivity contribution in [3.8, 4) is 11.1 Å². The first-order valence-corrected chi connectivity index (χ1v) is 8.66. The van der Waals surface area contributed by atoms with Crippen LogP contribution in [0.1, 0.15) is 43.4 Å². The van der Waals surface area contributed by atoms with Gasteiger partial charge in [0.15, 0.2) is 0 Å². The maximum atomic E-state index is 6.01. The number of benzene rings is 2. The van der Waals surface area contributed by atoms with E-state index in [0.29, 0.717) is 13.2 Å². The molecule has 2 atom stereocenters. The standard InChI is InChI=1S/C21H26O2/c1-3-4-5-20-14-23-21(15-22-20)19-12-10-18(11-13-19)17-8-6-16(2)7-9-17/h6-13,20-21H,3-5,14-15H2,1-2H3/t20-,21-/m0/s1. The topological polar surface area (TPSA) is 18.5 Å². The zero-order valence-corrected chi connectivity index (χ0v) is 14.1. The predicted octanol–water partition coefficient (Wildman–Crippen LogP) is 5.31. The molecule has 1 aliphatic heterocycles. The number of hydrogen-bond acceptors (Lipinski definition) is 2. The maximum Gasteiger partial charge on any atom is 0.106 e. The van der Waals surface area contributed by atoms with Crippen molar-refractivity contribution in [3.05, 3.63) is 59.7 Å². The van der Waals surface area contributed by atoms with Gasteiger partial charge in [0.1, 0.15) is 6.10 Å². The molecule has 0 aliphatic carbocycles. The van der Waals surface area contributed by atoms with E-state index in [1.165, 1.54) is 35.1 Å². The Balaban J connectivity index is 1.61. The van der Waals surface area contributed by atoms with Gasteiger partial charge < -0.3 is 9.47 Å². The second-order valence-electron chi connectivity index (χ2n) is 6.41. The van der Waals surface area contributed by atoms with Gasteiger partial charge in [0.05, 0.1) is 19.3 Å². The highest BCUT2D eigenvalue weighted by Gasteiger charge is 2.23. The number of unbranched alkanes of at least 4 members (excludes halogenated alkanes) is 1. The number of aryl methyl sites for hydroxylation is 1. The van der Waals surface area contributed by atoms with Gasteiger partial charge in [0.2, 0.25) is 0 Å². The highest BCUT2D eigenvalue weighted by Crippen LogP contribution is 2.27. The van der Waals surface area contributed by atoms with E-state index in [9.17, 15) is 0 Å². The second kappa shape index (κ2) is 7.76. The van der Waals surface area contributed by atoms with E-state index in [-0.39, 0.29) is 12.2 Å². The third-order valence-corrected chi connectivity index (χ3v) is 4.51. The number of rotatable bonds is 5. The largest absolute Gasteiger partial charge is 0.373 e. The molecule has 1 saturated heterocycles. The third-order valence-electron chi connectivity index (χ3n) is 4.51. The summed E-state index contributed by atoms with van der Waals surface area (Å²) in [6.07, 6.45) is 3.88. The van der Waals surface area contributed by atoms with Crippen LogP contribution in [-0.4, -0.2) is 19.3 Å². The minimum atomic E-state index is 0.0694. The summed E-state index contributed by atoms with van der Waals surface area (Å²) in [5.74, 6) is 0. The van der Waals surface area contributed by atoms with Crippen LogP contribution in [0, 0.1) is 6.92 Å². The van der Waals surface area contributed by atoms with Crippen LogP contribution in [-0.2, 0) is 9.47 Å². The third kappa shape index (κ3) is 4.21. The van der Waals surface area contributed by atoms with Gasteiger partial charge in [-0.15, -0.1) is 0 Å². The normalized spacial score (nSPS) is 21.3. The smallest absolute Gasteiger partial charge is 0.106 e. The Morgan fingerprint density at radius 2 is 1.52 bits per heavy atom. The van der Waals surface area contributed by atoms with Crippen LogP contribution in [0.3, 0.4) is 0 Å². The average Bonchev–Trinajstić information content (AvgIpc) is 2.61. The van der Waals surface area contributed by atoms with E-state index < -0.39 is 0 Å². The van der Waals surface area contributed by atoms with Crippen molar-refractivity contribution in [1.29, 1.82) is 0 Å². The van der Waals surface area contributed by atoms with Gasteiger partial charge in [0, 0.05) is 0 Å². The molecule has 0 unspecified atom stereocenters. The molecule has 0 amide bonds. The van der Waals surface area contributed by atoms with Crippen molar-refractivity contribution in [2.45, 2.75) is 45.3 Å². The summed E-state index contributed by atoms with van der Waals surface area (Å²) >= 11 is 0. The lowest BCUT2D eigenvalue weighted by molar-refractivity contribution is -0.137. The van der Waals surface area contributed by atoms with E-state index in [1.54, 1.807) is 0 Å². The summed E-state index contributed by atoms with van der Waals surface area (Å²) in [6.45, 7) is 5.70. The van der Waals surface area contributed by atoms with Crippen LogP contribution in [0.25, 0.3) is 11.1 Å². The first kappa shape index (κ1) is 16.2. The lowest BCUT2D eigenvalue weighted by atomic mass is 10.0. The van der Waals surface area contributed by atoms with Gasteiger partial charge in [0.25, 0.3) is 0 Å². The van der Waals surface area contributed by atoms with Crippen molar-refractivity contribution >= 4 is 0 Å². The molecule has 0 aromatic heterocycles. The summed E-state index contributed by atoms with van der Waals surface area (Å²) < 4.78 is 12.0. The zero-order chi connectivity index (χ0) is 16.1. The fraction of sp³-hybridized carbons (Fsp3) is 0.429. The molecule has 0 N–H and O–H groups in total. The van der Waals surface area contributed by atoms with Gasteiger partial charge in [-0.2, -0.15) is 0 Å². The Hall–Kier alpha value is -1.64. The highest BCUT2D eigenvalue weighted by molar-refractivity contribution is 5.64. The molecule has 1 aliphatic rings. The van der Waals surface area contributed by atoms with E-state index in [2.05, 4.69) is 62.4 Å². The molecule has 0 spiro atoms. The molecule has 2 aromatic rings. The fourth-order valence-corrected chi connectivity index (χ4v) is 2.97. The number of ether oxygens (including phenoxy) is 2. The van der Waals surface area contributed by atoms with Crippen molar-refractivity contribution in [3.63, 3.8) is 0 Å². The van der Waals surface area contributed by atoms with Gasteiger partial charge in [-0.25, -0.2) is 0 Å². The van der Waals surface area contributed by atoms with Gasteiger partial charge in [-0.3, -0.25) is 0 Å². The molecular formula is C21H26O2. The van der Waals surface area contributed by atoms with E-state index in [4.69, 9.17) is 9.47 Å². The Bertz CT molecular complexity index is 593.